The van der Waals surface area contributed by atoms with E-state index in [9.17, 15) is 9.59 Å². The molecule has 0 radical (unpaired) electrons. The third-order valence-electron chi connectivity index (χ3n) is 6.05. The summed E-state index contributed by atoms with van der Waals surface area (Å²) in [6.45, 7) is 6.38. The van der Waals surface area contributed by atoms with E-state index < -0.39 is 0 Å². The molecule has 0 bridgehead atoms. The van der Waals surface area contributed by atoms with Crippen LogP contribution in [-0.4, -0.2) is 28.9 Å². The van der Waals surface area contributed by atoms with Gasteiger partial charge >= 0.3 is 0 Å². The third kappa shape index (κ3) is 6.23. The summed E-state index contributed by atoms with van der Waals surface area (Å²) in [4.78, 5) is 30.1. The highest BCUT2D eigenvalue weighted by atomic mass is 32.1. The lowest BCUT2D eigenvalue weighted by Crippen LogP contribution is -2.53. The predicted octanol–water partition coefficient (Wildman–Crippen LogP) is 5.12. The number of aromatic nitrogens is 1. The van der Waals surface area contributed by atoms with Gasteiger partial charge in [-0.05, 0) is 69.0 Å². The predicted molar refractivity (Wildman–Crippen MR) is 135 cm³/mol. The molecule has 4 rings (SSSR count). The topological polar surface area (TPSA) is 80.3 Å². The molecule has 7 heteroatoms. The zero-order valence-corrected chi connectivity index (χ0v) is 20.7. The van der Waals surface area contributed by atoms with Crippen molar-refractivity contribution in [2.24, 2.45) is 0 Å². The summed E-state index contributed by atoms with van der Waals surface area (Å²) in [5.74, 6) is 0.481. The number of benzene rings is 2. The molecule has 0 unspecified atom stereocenters. The Labute approximate surface area is 204 Å². The van der Waals surface area contributed by atoms with Gasteiger partial charge in [0, 0.05) is 23.0 Å². The minimum absolute atomic E-state index is 0.0995. The Balaban J connectivity index is 1.34. The number of thiazole rings is 1. The van der Waals surface area contributed by atoms with Gasteiger partial charge in [0.05, 0.1) is 0 Å². The SMILES string of the molecule is Cc1ccc(C(=O)N[C@@H]2CCCC[C@H]2NC(=O)c2csc(COc3cc(C)cc(C)c3)n2)cc1. The second-order valence-corrected chi connectivity index (χ2v) is 9.99. The number of rotatable bonds is 7. The van der Waals surface area contributed by atoms with E-state index in [-0.39, 0.29) is 23.9 Å². The lowest BCUT2D eigenvalue weighted by atomic mass is 9.90. The van der Waals surface area contributed by atoms with Gasteiger partial charge < -0.3 is 15.4 Å². The molecule has 6 nitrogen and oxygen atoms in total. The fourth-order valence-electron chi connectivity index (χ4n) is 4.32. The number of hydrogen-bond acceptors (Lipinski definition) is 5. The van der Waals surface area contributed by atoms with Crippen molar-refractivity contribution in [3.63, 3.8) is 0 Å². The minimum atomic E-state index is -0.213. The Bertz CT molecular complexity index is 1140. The lowest BCUT2D eigenvalue weighted by molar-refractivity contribution is 0.0860. The van der Waals surface area contributed by atoms with Gasteiger partial charge in [0.2, 0.25) is 0 Å². The van der Waals surface area contributed by atoms with Crippen molar-refractivity contribution in [2.75, 3.05) is 0 Å². The standard InChI is InChI=1S/C27H31N3O3S/c1-17-8-10-20(11-9-17)26(31)29-22-6-4-5-7-23(22)30-27(32)24-16-34-25(28-24)15-33-21-13-18(2)12-19(3)14-21/h8-14,16,22-23H,4-7,15H2,1-3H3,(H,29,31)(H,30,32)/t22-,23-/m1/s1. The summed E-state index contributed by atoms with van der Waals surface area (Å²) in [5, 5.41) is 8.74. The smallest absolute Gasteiger partial charge is 0.271 e. The molecule has 2 aromatic carbocycles. The molecule has 1 aromatic heterocycles. The van der Waals surface area contributed by atoms with Gasteiger partial charge in [-0.15, -0.1) is 11.3 Å². The van der Waals surface area contributed by atoms with Crippen LogP contribution in [0.25, 0.3) is 0 Å². The van der Waals surface area contributed by atoms with Crippen LogP contribution in [0.1, 0.15) is 68.2 Å². The summed E-state index contributed by atoms with van der Waals surface area (Å²) in [6.07, 6.45) is 3.72. The zero-order chi connectivity index (χ0) is 24.1. The molecular weight excluding hydrogens is 446 g/mol. The van der Waals surface area contributed by atoms with Gasteiger partial charge in [-0.2, -0.15) is 0 Å². The van der Waals surface area contributed by atoms with E-state index in [2.05, 4.69) is 21.7 Å². The number of amides is 2. The van der Waals surface area contributed by atoms with Crippen molar-refractivity contribution in [1.82, 2.24) is 15.6 Å². The van der Waals surface area contributed by atoms with E-state index in [0.717, 1.165) is 53.1 Å². The molecule has 3 aromatic rings. The van der Waals surface area contributed by atoms with E-state index in [1.54, 1.807) is 5.38 Å². The van der Waals surface area contributed by atoms with Crippen LogP contribution in [0.3, 0.4) is 0 Å². The first-order valence-corrected chi connectivity index (χ1v) is 12.6. The quantitative estimate of drug-likeness (QED) is 0.495. The Hall–Kier alpha value is -3.19. The van der Waals surface area contributed by atoms with Crippen LogP contribution in [0.2, 0.25) is 0 Å². The average molecular weight is 478 g/mol. The summed E-state index contributed by atoms with van der Waals surface area (Å²) >= 11 is 1.41. The number of carbonyl (C=O) groups is 2. The second-order valence-electron chi connectivity index (χ2n) is 9.05. The average Bonchev–Trinajstić information content (AvgIpc) is 3.28. The van der Waals surface area contributed by atoms with Crippen LogP contribution in [0.4, 0.5) is 0 Å². The Morgan fingerprint density at radius 1 is 0.912 bits per heavy atom. The minimum Gasteiger partial charge on any atom is -0.486 e. The van der Waals surface area contributed by atoms with Crippen LogP contribution < -0.4 is 15.4 Å². The van der Waals surface area contributed by atoms with Gasteiger partial charge in [0.1, 0.15) is 23.1 Å². The molecular formula is C27H31N3O3S. The molecule has 2 amide bonds. The van der Waals surface area contributed by atoms with Gasteiger partial charge in [-0.25, -0.2) is 4.98 Å². The summed E-state index contributed by atoms with van der Waals surface area (Å²) in [7, 11) is 0. The fraction of sp³-hybridized carbons (Fsp3) is 0.370. The van der Waals surface area contributed by atoms with Crippen LogP contribution in [0.15, 0.2) is 47.8 Å². The van der Waals surface area contributed by atoms with Crippen molar-refractivity contribution in [1.29, 1.82) is 0 Å². The Kier molecular flexibility index (Phi) is 7.63. The van der Waals surface area contributed by atoms with E-state index in [0.29, 0.717) is 17.9 Å². The van der Waals surface area contributed by atoms with Gasteiger partial charge in [-0.1, -0.05) is 36.6 Å². The maximum atomic E-state index is 12.9. The van der Waals surface area contributed by atoms with Crippen molar-refractivity contribution in [2.45, 2.75) is 65.1 Å². The van der Waals surface area contributed by atoms with E-state index in [4.69, 9.17) is 4.74 Å². The molecule has 0 aliphatic heterocycles. The maximum absolute atomic E-state index is 12.9. The fourth-order valence-corrected chi connectivity index (χ4v) is 5.00. The summed E-state index contributed by atoms with van der Waals surface area (Å²) < 4.78 is 5.88. The van der Waals surface area contributed by atoms with Crippen LogP contribution in [0.5, 0.6) is 5.75 Å². The zero-order valence-electron chi connectivity index (χ0n) is 19.9. The second kappa shape index (κ2) is 10.8. The molecule has 1 heterocycles. The number of aryl methyl sites for hydroxylation is 3. The van der Waals surface area contributed by atoms with Gasteiger partial charge in [0.25, 0.3) is 11.8 Å². The van der Waals surface area contributed by atoms with Crippen molar-refractivity contribution < 1.29 is 14.3 Å². The first-order valence-electron chi connectivity index (χ1n) is 11.7. The number of ether oxygens (including phenoxy) is 1. The summed E-state index contributed by atoms with van der Waals surface area (Å²) in [6, 6.07) is 13.4. The first-order chi connectivity index (χ1) is 16.4. The van der Waals surface area contributed by atoms with E-state index in [1.165, 1.54) is 11.3 Å². The molecule has 1 fully saturated rings. The Morgan fingerprint density at radius 3 is 2.18 bits per heavy atom. The molecule has 2 atom stereocenters. The van der Waals surface area contributed by atoms with E-state index in [1.807, 2.05) is 57.2 Å². The highest BCUT2D eigenvalue weighted by molar-refractivity contribution is 7.09. The highest BCUT2D eigenvalue weighted by Crippen LogP contribution is 2.21. The highest BCUT2D eigenvalue weighted by Gasteiger charge is 2.29. The van der Waals surface area contributed by atoms with E-state index >= 15 is 0 Å². The first kappa shape index (κ1) is 24.0. The molecule has 178 valence electrons. The summed E-state index contributed by atoms with van der Waals surface area (Å²) in [5.41, 5.74) is 4.42. The molecule has 0 saturated heterocycles. The molecule has 34 heavy (non-hydrogen) atoms. The number of carbonyl (C=O) groups excluding carboxylic acids is 2. The van der Waals surface area contributed by atoms with Crippen molar-refractivity contribution >= 4 is 23.2 Å². The Morgan fingerprint density at radius 2 is 1.53 bits per heavy atom. The lowest BCUT2D eigenvalue weighted by Gasteiger charge is -2.32. The molecule has 0 spiro atoms. The van der Waals surface area contributed by atoms with Crippen molar-refractivity contribution in [3.05, 3.63) is 80.8 Å². The normalized spacial score (nSPS) is 17.7. The third-order valence-corrected chi connectivity index (χ3v) is 6.88. The van der Waals surface area contributed by atoms with Crippen molar-refractivity contribution in [3.8, 4) is 5.75 Å². The van der Waals surface area contributed by atoms with Crippen LogP contribution in [0, 0.1) is 20.8 Å². The number of nitrogens with zero attached hydrogens (tertiary/aromatic N) is 1. The monoisotopic (exact) mass is 477 g/mol. The molecule has 1 saturated carbocycles. The number of nitrogens with one attached hydrogen (secondary N) is 2. The van der Waals surface area contributed by atoms with Crippen LogP contribution in [-0.2, 0) is 6.61 Å². The number of hydrogen-bond donors (Lipinski definition) is 2. The molecule has 2 N–H and O–H groups in total. The van der Waals surface area contributed by atoms with Crippen LogP contribution >= 0.6 is 11.3 Å². The van der Waals surface area contributed by atoms with Gasteiger partial charge in [0.15, 0.2) is 0 Å². The molecule has 1 aliphatic rings. The largest absolute Gasteiger partial charge is 0.486 e. The van der Waals surface area contributed by atoms with Gasteiger partial charge in [-0.3, -0.25) is 9.59 Å². The molecule has 1 aliphatic carbocycles. The maximum Gasteiger partial charge on any atom is 0.271 e.